The second-order valence-corrected chi connectivity index (χ2v) is 6.45. The fourth-order valence-electron chi connectivity index (χ4n) is 1.55. The Bertz CT molecular complexity index is 578. The highest BCUT2D eigenvalue weighted by atomic mass is 32.2. The lowest BCUT2D eigenvalue weighted by Gasteiger charge is -2.13. The molecule has 1 N–H and O–H groups in total. The van der Waals surface area contributed by atoms with Crippen molar-refractivity contribution < 1.29 is 30.4 Å². The van der Waals surface area contributed by atoms with E-state index in [2.05, 4.69) is 0 Å². The van der Waals surface area contributed by atoms with Crippen LogP contribution in [-0.2, 0) is 15.9 Å². The van der Waals surface area contributed by atoms with Crippen molar-refractivity contribution in [1.82, 2.24) is 0 Å². The molecule has 0 amide bonds. The van der Waals surface area contributed by atoms with Crippen molar-refractivity contribution in [2.45, 2.75) is 31.9 Å². The summed E-state index contributed by atoms with van der Waals surface area (Å²) in [6, 6.07) is 4.56. The fraction of sp³-hybridized carbons (Fsp3) is 0.500. The van der Waals surface area contributed by atoms with Gasteiger partial charge in [-0.25, -0.2) is 17.2 Å². The molecule has 0 aliphatic heterocycles. The van der Waals surface area contributed by atoms with Gasteiger partial charge in [0.1, 0.15) is 0 Å². The quantitative estimate of drug-likeness (QED) is 0.804. The van der Waals surface area contributed by atoms with Gasteiger partial charge in [-0.1, -0.05) is 12.1 Å². The van der Waals surface area contributed by atoms with Crippen molar-refractivity contribution in [1.29, 1.82) is 0 Å². The van der Waals surface area contributed by atoms with Crippen LogP contribution in [0.15, 0.2) is 24.3 Å². The van der Waals surface area contributed by atoms with Crippen molar-refractivity contribution in [3.63, 3.8) is 0 Å². The third kappa shape index (κ3) is 6.74. The largest absolute Gasteiger partial charge is 0.389 e. The van der Waals surface area contributed by atoms with Gasteiger partial charge in [-0.05, 0) is 18.6 Å². The second-order valence-electron chi connectivity index (χ2n) is 4.61. The van der Waals surface area contributed by atoms with E-state index in [0.29, 0.717) is 6.92 Å². The zero-order valence-corrected chi connectivity index (χ0v) is 11.9. The number of rotatable bonds is 6. The number of nitrogens with one attached hydrogen (secondary N) is 1. The number of anilines is 1. The first-order valence-corrected chi connectivity index (χ1v) is 7.60. The molecule has 9 heteroatoms. The second kappa shape index (κ2) is 6.17. The van der Waals surface area contributed by atoms with E-state index in [-0.39, 0.29) is 5.69 Å². The molecular formula is C12H14F5NO2S. The zero-order valence-electron chi connectivity index (χ0n) is 11.0. The lowest BCUT2D eigenvalue weighted by Crippen LogP contribution is -2.19. The van der Waals surface area contributed by atoms with E-state index in [1.54, 1.807) is 0 Å². The van der Waals surface area contributed by atoms with E-state index in [1.165, 1.54) is 12.1 Å². The van der Waals surface area contributed by atoms with Gasteiger partial charge < -0.3 is 0 Å². The highest BCUT2D eigenvalue weighted by molar-refractivity contribution is 7.92. The summed E-state index contributed by atoms with van der Waals surface area (Å²) in [7, 11) is -4.01. The maximum Gasteiger partial charge on any atom is 0.389 e. The molecule has 0 aromatic heterocycles. The highest BCUT2D eigenvalue weighted by Crippen LogP contribution is 2.29. The molecule has 1 aromatic rings. The third-order valence-electron chi connectivity index (χ3n) is 2.52. The summed E-state index contributed by atoms with van der Waals surface area (Å²) < 4.78 is 87.2. The van der Waals surface area contributed by atoms with Crippen molar-refractivity contribution >= 4 is 15.7 Å². The Kier molecular flexibility index (Phi) is 5.19. The molecule has 0 saturated heterocycles. The molecule has 0 aliphatic rings. The van der Waals surface area contributed by atoms with Crippen molar-refractivity contribution in [2.24, 2.45) is 0 Å². The Morgan fingerprint density at radius 2 is 1.76 bits per heavy atom. The normalized spacial score (nSPS) is 13.2. The molecule has 0 atom stereocenters. The molecule has 0 heterocycles. The maximum atomic E-state index is 13.1. The Hall–Kier alpha value is -1.38. The minimum absolute atomic E-state index is 0.110. The summed E-state index contributed by atoms with van der Waals surface area (Å²) in [6.07, 6.45) is -6.25. The van der Waals surface area contributed by atoms with Crippen LogP contribution in [0.3, 0.4) is 0 Å². The van der Waals surface area contributed by atoms with Crippen LogP contribution in [0.2, 0.25) is 0 Å². The van der Waals surface area contributed by atoms with Gasteiger partial charge in [0.15, 0.2) is 0 Å². The molecular weight excluding hydrogens is 317 g/mol. The van der Waals surface area contributed by atoms with E-state index in [1.807, 2.05) is 4.72 Å². The molecule has 0 fully saturated rings. The van der Waals surface area contributed by atoms with Crippen LogP contribution in [0, 0.1) is 0 Å². The molecule has 1 rings (SSSR count). The summed E-state index contributed by atoms with van der Waals surface area (Å²) in [5.41, 5.74) is -0.501. The number of hydrogen-bond acceptors (Lipinski definition) is 2. The van der Waals surface area contributed by atoms with Gasteiger partial charge in [0, 0.05) is 24.6 Å². The Morgan fingerprint density at radius 1 is 1.14 bits per heavy atom. The average molecular weight is 331 g/mol. The minimum Gasteiger partial charge on any atom is -0.284 e. The number of sulfonamides is 1. The number of benzene rings is 1. The molecule has 0 radical (unpaired) electrons. The van der Waals surface area contributed by atoms with E-state index in [9.17, 15) is 30.4 Å². The lowest BCUT2D eigenvalue weighted by atomic mass is 10.1. The highest BCUT2D eigenvalue weighted by Gasteiger charge is 2.28. The van der Waals surface area contributed by atoms with E-state index < -0.39 is 46.3 Å². The summed E-state index contributed by atoms with van der Waals surface area (Å²) in [5, 5.41) is 0. The standard InChI is InChI=1S/C12H14F5NO2S/c1-11(13,14)9-4-2-5-10(8-9)18-21(19,20)7-3-6-12(15,16)17/h2,4-5,8,18H,3,6-7H2,1H3. The van der Waals surface area contributed by atoms with Gasteiger partial charge in [0.2, 0.25) is 10.0 Å². The summed E-state index contributed by atoms with van der Waals surface area (Å²) >= 11 is 0. The monoisotopic (exact) mass is 331 g/mol. The van der Waals surface area contributed by atoms with Crippen LogP contribution in [0.1, 0.15) is 25.3 Å². The molecule has 120 valence electrons. The molecule has 0 unspecified atom stereocenters. The topological polar surface area (TPSA) is 46.2 Å². The average Bonchev–Trinajstić information content (AvgIpc) is 2.25. The molecule has 0 aliphatic carbocycles. The molecule has 0 saturated carbocycles. The molecule has 1 aromatic carbocycles. The van der Waals surface area contributed by atoms with Gasteiger partial charge in [0.25, 0.3) is 5.92 Å². The molecule has 0 bridgehead atoms. The van der Waals surface area contributed by atoms with Crippen LogP contribution in [0.4, 0.5) is 27.6 Å². The smallest absolute Gasteiger partial charge is 0.284 e. The first-order valence-electron chi connectivity index (χ1n) is 5.95. The Labute approximate surface area is 119 Å². The molecule has 0 spiro atoms. The third-order valence-corrected chi connectivity index (χ3v) is 3.89. The Balaban J connectivity index is 2.72. The molecule has 3 nitrogen and oxygen atoms in total. The maximum absolute atomic E-state index is 13.1. The SMILES string of the molecule is CC(F)(F)c1cccc(NS(=O)(=O)CCCC(F)(F)F)c1. The lowest BCUT2D eigenvalue weighted by molar-refractivity contribution is -0.134. The van der Waals surface area contributed by atoms with E-state index >= 15 is 0 Å². The predicted octanol–water partition coefficient (Wildman–Crippen LogP) is 3.88. The summed E-state index contributed by atoms with van der Waals surface area (Å²) in [5.74, 6) is -3.88. The summed E-state index contributed by atoms with van der Waals surface area (Å²) in [6.45, 7) is 0.657. The van der Waals surface area contributed by atoms with Crippen molar-refractivity contribution in [3.8, 4) is 0 Å². The number of alkyl halides is 5. The van der Waals surface area contributed by atoms with Gasteiger partial charge in [-0.3, -0.25) is 4.72 Å². The van der Waals surface area contributed by atoms with Gasteiger partial charge >= 0.3 is 6.18 Å². The molecule has 21 heavy (non-hydrogen) atoms. The number of halogens is 5. The first-order chi connectivity index (χ1) is 9.39. The fourth-order valence-corrected chi connectivity index (χ4v) is 2.66. The van der Waals surface area contributed by atoms with Crippen molar-refractivity contribution in [2.75, 3.05) is 10.5 Å². The van der Waals surface area contributed by atoms with Gasteiger partial charge in [-0.2, -0.15) is 13.2 Å². The van der Waals surface area contributed by atoms with Gasteiger partial charge in [-0.15, -0.1) is 0 Å². The van der Waals surface area contributed by atoms with Gasteiger partial charge in [0.05, 0.1) is 5.75 Å². The van der Waals surface area contributed by atoms with Crippen LogP contribution >= 0.6 is 0 Å². The zero-order chi connectivity index (χ0) is 16.3. The Morgan fingerprint density at radius 3 is 2.29 bits per heavy atom. The summed E-state index contributed by atoms with van der Waals surface area (Å²) in [4.78, 5) is 0. The first kappa shape index (κ1) is 17.7. The number of hydrogen-bond donors (Lipinski definition) is 1. The predicted molar refractivity (Wildman–Crippen MR) is 68.7 cm³/mol. The van der Waals surface area contributed by atoms with E-state index in [4.69, 9.17) is 0 Å². The van der Waals surface area contributed by atoms with E-state index in [0.717, 1.165) is 12.1 Å². The van der Waals surface area contributed by atoms with Crippen molar-refractivity contribution in [3.05, 3.63) is 29.8 Å². The van der Waals surface area contributed by atoms with Crippen LogP contribution in [0.5, 0.6) is 0 Å². The van der Waals surface area contributed by atoms with Crippen LogP contribution in [0.25, 0.3) is 0 Å². The van der Waals surface area contributed by atoms with Crippen LogP contribution < -0.4 is 4.72 Å². The van der Waals surface area contributed by atoms with Crippen LogP contribution in [-0.4, -0.2) is 20.3 Å². The minimum atomic E-state index is -4.43.